The van der Waals surface area contributed by atoms with E-state index in [2.05, 4.69) is 43.9 Å². The van der Waals surface area contributed by atoms with E-state index in [4.69, 9.17) is 0 Å². The second kappa shape index (κ2) is 5.77. The van der Waals surface area contributed by atoms with E-state index in [1.54, 1.807) is 13.1 Å². The fraction of sp³-hybridized carbons (Fsp3) is 0.357. The maximum Gasteiger partial charge on any atom is 0.129 e. The van der Waals surface area contributed by atoms with Gasteiger partial charge in [-0.05, 0) is 47.0 Å². The third kappa shape index (κ3) is 2.93. The van der Waals surface area contributed by atoms with Gasteiger partial charge in [-0.1, -0.05) is 35.0 Å². The second-order valence-electron chi connectivity index (χ2n) is 4.64. The summed E-state index contributed by atoms with van der Waals surface area (Å²) in [6.45, 7) is 4.67. The Morgan fingerprint density at radius 2 is 1.89 bits per heavy atom. The van der Waals surface area contributed by atoms with Gasteiger partial charge in [0.05, 0.1) is 16.4 Å². The quantitative estimate of drug-likeness (QED) is 0.858. The SMILES string of the molecule is CCCn1ncc(Br)c1C(C)(O)c1ccc(Br)cc1. The van der Waals surface area contributed by atoms with Crippen molar-refractivity contribution in [2.75, 3.05) is 0 Å². The number of benzene rings is 1. The zero-order valence-electron chi connectivity index (χ0n) is 10.9. The molecule has 1 unspecified atom stereocenters. The predicted octanol–water partition coefficient (Wildman–Crippen LogP) is 4.07. The van der Waals surface area contributed by atoms with E-state index in [1.807, 2.05) is 28.9 Å². The molecule has 2 rings (SSSR count). The Balaban J connectivity index is 2.49. The highest BCUT2D eigenvalue weighted by Crippen LogP contribution is 2.34. The van der Waals surface area contributed by atoms with Gasteiger partial charge in [0.25, 0.3) is 0 Å². The molecule has 1 atom stereocenters. The Morgan fingerprint density at radius 1 is 1.26 bits per heavy atom. The monoisotopic (exact) mass is 386 g/mol. The van der Waals surface area contributed by atoms with Crippen molar-refractivity contribution in [1.29, 1.82) is 0 Å². The van der Waals surface area contributed by atoms with E-state index >= 15 is 0 Å². The lowest BCUT2D eigenvalue weighted by Gasteiger charge is -2.25. The van der Waals surface area contributed by atoms with Gasteiger partial charge in [-0.2, -0.15) is 5.10 Å². The molecule has 2 aromatic rings. The van der Waals surface area contributed by atoms with Crippen LogP contribution in [0, 0.1) is 0 Å². The van der Waals surface area contributed by atoms with Crippen LogP contribution in [0.15, 0.2) is 39.4 Å². The fourth-order valence-electron chi connectivity index (χ4n) is 2.14. The van der Waals surface area contributed by atoms with Crippen LogP contribution in [-0.4, -0.2) is 14.9 Å². The van der Waals surface area contributed by atoms with Crippen molar-refractivity contribution >= 4 is 31.9 Å². The van der Waals surface area contributed by atoms with E-state index in [9.17, 15) is 5.11 Å². The molecular weight excluding hydrogens is 372 g/mol. The van der Waals surface area contributed by atoms with Gasteiger partial charge in [0, 0.05) is 11.0 Å². The summed E-state index contributed by atoms with van der Waals surface area (Å²) in [5.74, 6) is 0. The van der Waals surface area contributed by atoms with Crippen LogP contribution in [-0.2, 0) is 12.1 Å². The maximum absolute atomic E-state index is 10.9. The normalized spacial score (nSPS) is 14.4. The number of nitrogens with zero attached hydrogens (tertiary/aromatic N) is 2. The van der Waals surface area contributed by atoms with Gasteiger partial charge in [-0.3, -0.25) is 4.68 Å². The first-order valence-electron chi connectivity index (χ1n) is 6.17. The minimum absolute atomic E-state index is 0.785. The average molecular weight is 388 g/mol. The minimum Gasteiger partial charge on any atom is -0.379 e. The lowest BCUT2D eigenvalue weighted by Crippen LogP contribution is -2.27. The van der Waals surface area contributed by atoms with Crippen LogP contribution in [0.25, 0.3) is 0 Å². The van der Waals surface area contributed by atoms with Gasteiger partial charge in [0.15, 0.2) is 0 Å². The zero-order chi connectivity index (χ0) is 14.0. The van der Waals surface area contributed by atoms with Crippen LogP contribution < -0.4 is 0 Å². The Labute approximate surface area is 129 Å². The minimum atomic E-state index is -1.08. The first-order valence-corrected chi connectivity index (χ1v) is 7.75. The predicted molar refractivity (Wildman–Crippen MR) is 83.0 cm³/mol. The first-order chi connectivity index (χ1) is 8.96. The summed E-state index contributed by atoms with van der Waals surface area (Å²) in [5.41, 5.74) is 0.552. The molecule has 0 aliphatic heterocycles. The summed E-state index contributed by atoms with van der Waals surface area (Å²) in [4.78, 5) is 0. The third-order valence-electron chi connectivity index (χ3n) is 3.10. The number of hydrogen-bond acceptors (Lipinski definition) is 2. The zero-order valence-corrected chi connectivity index (χ0v) is 14.1. The molecule has 5 heteroatoms. The number of aromatic nitrogens is 2. The van der Waals surface area contributed by atoms with E-state index in [0.717, 1.165) is 33.2 Å². The molecular formula is C14H16Br2N2O. The first kappa shape index (κ1) is 14.8. The van der Waals surface area contributed by atoms with Crippen molar-refractivity contribution in [3.05, 3.63) is 50.7 Å². The molecule has 0 aliphatic carbocycles. The maximum atomic E-state index is 10.9. The van der Waals surface area contributed by atoms with Crippen LogP contribution in [0.3, 0.4) is 0 Å². The standard InChI is InChI=1S/C14H16Br2N2O/c1-3-8-18-13(12(16)9-17-18)14(2,19)10-4-6-11(15)7-5-10/h4-7,9,19H,3,8H2,1-2H3. The van der Waals surface area contributed by atoms with Gasteiger partial charge >= 0.3 is 0 Å². The molecule has 0 saturated heterocycles. The largest absolute Gasteiger partial charge is 0.379 e. The highest BCUT2D eigenvalue weighted by Gasteiger charge is 2.31. The smallest absolute Gasteiger partial charge is 0.129 e. The van der Waals surface area contributed by atoms with Crippen molar-refractivity contribution in [3.8, 4) is 0 Å². The molecule has 0 spiro atoms. The number of halogens is 2. The van der Waals surface area contributed by atoms with Gasteiger partial charge in [-0.15, -0.1) is 0 Å². The Hall–Kier alpha value is -0.650. The summed E-state index contributed by atoms with van der Waals surface area (Å²) in [6.07, 6.45) is 2.70. The lowest BCUT2D eigenvalue weighted by atomic mass is 9.92. The number of rotatable bonds is 4. The molecule has 0 amide bonds. The molecule has 1 aromatic heterocycles. The molecule has 3 nitrogen and oxygen atoms in total. The summed E-state index contributed by atoms with van der Waals surface area (Å²) in [5, 5.41) is 15.2. The third-order valence-corrected chi connectivity index (χ3v) is 4.21. The van der Waals surface area contributed by atoms with E-state index in [-0.39, 0.29) is 0 Å². The summed E-state index contributed by atoms with van der Waals surface area (Å²) in [7, 11) is 0. The van der Waals surface area contributed by atoms with Gasteiger partial charge < -0.3 is 5.11 Å². The highest BCUT2D eigenvalue weighted by atomic mass is 79.9. The van der Waals surface area contributed by atoms with Crippen molar-refractivity contribution in [1.82, 2.24) is 9.78 Å². The van der Waals surface area contributed by atoms with Crippen LogP contribution in [0.2, 0.25) is 0 Å². The highest BCUT2D eigenvalue weighted by molar-refractivity contribution is 9.10. The molecule has 1 heterocycles. The Bertz CT molecular complexity index is 561. The molecule has 1 N–H and O–H groups in total. The topological polar surface area (TPSA) is 38.0 Å². The Kier molecular flexibility index (Phi) is 4.48. The van der Waals surface area contributed by atoms with Gasteiger partial charge in [0.2, 0.25) is 0 Å². The molecule has 1 aromatic carbocycles. The van der Waals surface area contributed by atoms with Crippen LogP contribution in [0.1, 0.15) is 31.5 Å². The van der Waals surface area contributed by atoms with E-state index in [1.165, 1.54) is 0 Å². The fourth-order valence-corrected chi connectivity index (χ4v) is 3.09. The molecule has 0 aliphatic rings. The van der Waals surface area contributed by atoms with Crippen LogP contribution in [0.4, 0.5) is 0 Å². The summed E-state index contributed by atoms with van der Waals surface area (Å²) < 4.78 is 3.67. The van der Waals surface area contributed by atoms with Crippen molar-refractivity contribution in [2.24, 2.45) is 0 Å². The number of aliphatic hydroxyl groups is 1. The van der Waals surface area contributed by atoms with E-state index < -0.39 is 5.60 Å². The van der Waals surface area contributed by atoms with Gasteiger partial charge in [-0.25, -0.2) is 0 Å². The van der Waals surface area contributed by atoms with E-state index in [0.29, 0.717) is 0 Å². The molecule has 0 bridgehead atoms. The van der Waals surface area contributed by atoms with Crippen molar-refractivity contribution in [2.45, 2.75) is 32.4 Å². The van der Waals surface area contributed by atoms with Gasteiger partial charge in [0.1, 0.15) is 5.60 Å². The number of hydrogen-bond donors (Lipinski definition) is 1. The van der Waals surface area contributed by atoms with Crippen molar-refractivity contribution < 1.29 is 5.11 Å². The molecule has 0 saturated carbocycles. The molecule has 0 fully saturated rings. The molecule has 102 valence electrons. The summed E-state index contributed by atoms with van der Waals surface area (Å²) in [6, 6.07) is 7.69. The molecule has 19 heavy (non-hydrogen) atoms. The van der Waals surface area contributed by atoms with Crippen molar-refractivity contribution in [3.63, 3.8) is 0 Å². The summed E-state index contributed by atoms with van der Waals surface area (Å²) >= 11 is 6.89. The lowest BCUT2D eigenvalue weighted by molar-refractivity contribution is 0.0906. The van der Waals surface area contributed by atoms with Crippen LogP contribution in [0.5, 0.6) is 0 Å². The molecule has 0 radical (unpaired) electrons. The average Bonchev–Trinajstić information content (AvgIpc) is 2.72. The Morgan fingerprint density at radius 3 is 2.47 bits per heavy atom. The van der Waals surface area contributed by atoms with Crippen LogP contribution >= 0.6 is 31.9 Å². The second-order valence-corrected chi connectivity index (χ2v) is 6.41. The number of aryl methyl sites for hydroxylation is 1.